The number of aromatic nitrogens is 2. The third kappa shape index (κ3) is 3.40. The molecule has 2 N–H and O–H groups in total. The summed E-state index contributed by atoms with van der Waals surface area (Å²) < 4.78 is 5.37. The number of nitrogens with one attached hydrogen (secondary N) is 2. The lowest BCUT2D eigenvalue weighted by Gasteiger charge is -2.14. The first kappa shape index (κ1) is 17.9. The molecule has 3 aromatic rings. The highest BCUT2D eigenvalue weighted by Gasteiger charge is 2.51. The summed E-state index contributed by atoms with van der Waals surface area (Å²) in [6, 6.07) is 14.5. The van der Waals surface area contributed by atoms with Gasteiger partial charge in [-0.25, -0.2) is 0 Å². The number of aromatic amines is 1. The van der Waals surface area contributed by atoms with Crippen molar-refractivity contribution in [3.8, 4) is 17.0 Å². The standard InChI is InChI=1S/C20H17Cl2N3O2/c1-27-17-6-5-14(22)10-15(17)16-11-18(25-24-16)23-19(26)20(7-8-20)12-3-2-4-13(21)9-12/h2-6,9-11H,7-8H2,1H3,(H2,23,24,25,26). The minimum atomic E-state index is -0.530. The van der Waals surface area contributed by atoms with Crippen molar-refractivity contribution in [2.24, 2.45) is 0 Å². The molecular weight excluding hydrogens is 385 g/mol. The van der Waals surface area contributed by atoms with Gasteiger partial charge in [-0.05, 0) is 48.7 Å². The molecule has 1 saturated carbocycles. The molecule has 138 valence electrons. The zero-order chi connectivity index (χ0) is 19.0. The van der Waals surface area contributed by atoms with Crippen LogP contribution < -0.4 is 10.1 Å². The van der Waals surface area contributed by atoms with E-state index >= 15 is 0 Å². The van der Waals surface area contributed by atoms with E-state index < -0.39 is 5.41 Å². The highest BCUT2D eigenvalue weighted by Crippen LogP contribution is 2.49. The summed E-state index contributed by atoms with van der Waals surface area (Å²) >= 11 is 12.2. The Morgan fingerprint density at radius 2 is 1.93 bits per heavy atom. The Balaban J connectivity index is 1.57. The summed E-state index contributed by atoms with van der Waals surface area (Å²) in [5.74, 6) is 1.03. The smallest absolute Gasteiger partial charge is 0.236 e. The van der Waals surface area contributed by atoms with Gasteiger partial charge in [0.05, 0.1) is 18.2 Å². The van der Waals surface area contributed by atoms with Gasteiger partial charge in [0.25, 0.3) is 0 Å². The third-order valence-corrected chi connectivity index (χ3v) is 5.30. The molecule has 0 radical (unpaired) electrons. The minimum absolute atomic E-state index is 0.0825. The number of halogens is 2. The second-order valence-electron chi connectivity index (χ2n) is 6.56. The molecular formula is C20H17Cl2N3O2. The van der Waals surface area contributed by atoms with Crippen LogP contribution in [0.4, 0.5) is 5.82 Å². The topological polar surface area (TPSA) is 67.0 Å². The zero-order valence-electron chi connectivity index (χ0n) is 14.6. The van der Waals surface area contributed by atoms with Gasteiger partial charge in [-0.3, -0.25) is 9.89 Å². The van der Waals surface area contributed by atoms with Gasteiger partial charge in [-0.1, -0.05) is 35.3 Å². The molecule has 1 aliphatic rings. The quantitative estimate of drug-likeness (QED) is 0.627. The Kier molecular flexibility index (Phi) is 4.58. The maximum Gasteiger partial charge on any atom is 0.236 e. The Bertz CT molecular complexity index is 1010. The molecule has 1 fully saturated rings. The van der Waals surface area contributed by atoms with Gasteiger partial charge in [-0.2, -0.15) is 5.10 Å². The number of hydrogen-bond donors (Lipinski definition) is 2. The molecule has 0 unspecified atom stereocenters. The number of ether oxygens (including phenoxy) is 1. The summed E-state index contributed by atoms with van der Waals surface area (Å²) in [6.45, 7) is 0. The first-order chi connectivity index (χ1) is 13.0. The zero-order valence-corrected chi connectivity index (χ0v) is 16.1. The normalized spacial score (nSPS) is 14.6. The van der Waals surface area contributed by atoms with Crippen LogP contribution in [0.1, 0.15) is 18.4 Å². The molecule has 7 heteroatoms. The predicted octanol–water partition coefficient (Wildman–Crippen LogP) is 5.06. The fraction of sp³-hybridized carbons (Fsp3) is 0.200. The number of anilines is 1. The van der Waals surface area contributed by atoms with Crippen LogP contribution in [0.15, 0.2) is 48.5 Å². The number of hydrogen-bond acceptors (Lipinski definition) is 3. The monoisotopic (exact) mass is 401 g/mol. The van der Waals surface area contributed by atoms with Gasteiger partial charge >= 0.3 is 0 Å². The van der Waals surface area contributed by atoms with Crippen molar-refractivity contribution in [1.29, 1.82) is 0 Å². The van der Waals surface area contributed by atoms with Gasteiger partial charge in [0.15, 0.2) is 5.82 Å². The lowest BCUT2D eigenvalue weighted by Crippen LogP contribution is -2.27. The van der Waals surface area contributed by atoms with Gasteiger partial charge in [0.2, 0.25) is 5.91 Å². The Hall–Kier alpha value is -2.50. The van der Waals surface area contributed by atoms with Crippen molar-refractivity contribution in [2.45, 2.75) is 18.3 Å². The fourth-order valence-electron chi connectivity index (χ4n) is 3.21. The van der Waals surface area contributed by atoms with Crippen molar-refractivity contribution in [2.75, 3.05) is 12.4 Å². The van der Waals surface area contributed by atoms with Gasteiger partial charge in [0, 0.05) is 21.7 Å². The number of carbonyl (C=O) groups is 1. The maximum atomic E-state index is 12.9. The largest absolute Gasteiger partial charge is 0.496 e. The van der Waals surface area contributed by atoms with Gasteiger partial charge in [-0.15, -0.1) is 0 Å². The lowest BCUT2D eigenvalue weighted by molar-refractivity contribution is -0.118. The fourth-order valence-corrected chi connectivity index (χ4v) is 3.57. The predicted molar refractivity (Wildman–Crippen MR) is 107 cm³/mol. The molecule has 0 aliphatic heterocycles. The Morgan fingerprint density at radius 3 is 2.63 bits per heavy atom. The van der Waals surface area contributed by atoms with Crippen molar-refractivity contribution < 1.29 is 9.53 Å². The highest BCUT2D eigenvalue weighted by molar-refractivity contribution is 6.31. The number of amides is 1. The van der Waals surface area contributed by atoms with Crippen LogP contribution >= 0.6 is 23.2 Å². The molecule has 1 heterocycles. The van der Waals surface area contributed by atoms with Crippen LogP contribution in [-0.2, 0) is 10.2 Å². The number of benzene rings is 2. The van der Waals surface area contributed by atoms with Crippen molar-refractivity contribution in [3.05, 3.63) is 64.1 Å². The van der Waals surface area contributed by atoms with E-state index in [0.717, 1.165) is 24.0 Å². The molecule has 1 amide bonds. The number of nitrogens with zero attached hydrogens (tertiary/aromatic N) is 1. The summed E-state index contributed by atoms with van der Waals surface area (Å²) in [5.41, 5.74) is 1.88. The SMILES string of the molecule is COc1ccc(Cl)cc1-c1cc(NC(=O)C2(c3cccc(Cl)c3)CC2)n[nH]1. The summed E-state index contributed by atoms with van der Waals surface area (Å²) in [6.07, 6.45) is 1.58. The highest BCUT2D eigenvalue weighted by atomic mass is 35.5. The van der Waals surface area contributed by atoms with Crippen LogP contribution in [0.25, 0.3) is 11.3 Å². The summed E-state index contributed by atoms with van der Waals surface area (Å²) in [5, 5.41) is 11.3. The molecule has 4 rings (SSSR count). The van der Waals surface area contributed by atoms with E-state index in [4.69, 9.17) is 27.9 Å². The van der Waals surface area contributed by atoms with Crippen LogP contribution in [0.3, 0.4) is 0 Å². The van der Waals surface area contributed by atoms with Crippen LogP contribution in [0, 0.1) is 0 Å². The van der Waals surface area contributed by atoms with Crippen molar-refractivity contribution >= 4 is 34.9 Å². The van der Waals surface area contributed by atoms with E-state index in [1.807, 2.05) is 18.2 Å². The molecule has 0 spiro atoms. The molecule has 5 nitrogen and oxygen atoms in total. The number of rotatable bonds is 5. The molecule has 0 atom stereocenters. The molecule has 0 saturated heterocycles. The average molecular weight is 402 g/mol. The Morgan fingerprint density at radius 1 is 1.15 bits per heavy atom. The first-order valence-corrected chi connectivity index (χ1v) is 9.24. The van der Waals surface area contributed by atoms with Crippen LogP contribution in [-0.4, -0.2) is 23.2 Å². The van der Waals surface area contributed by atoms with E-state index in [2.05, 4.69) is 15.5 Å². The van der Waals surface area contributed by atoms with E-state index in [1.165, 1.54) is 0 Å². The third-order valence-electron chi connectivity index (χ3n) is 4.83. The van der Waals surface area contributed by atoms with Gasteiger partial charge < -0.3 is 10.1 Å². The number of methoxy groups -OCH3 is 1. The molecule has 27 heavy (non-hydrogen) atoms. The van der Waals surface area contributed by atoms with Gasteiger partial charge in [0.1, 0.15) is 5.75 Å². The lowest BCUT2D eigenvalue weighted by atomic mass is 9.95. The summed E-state index contributed by atoms with van der Waals surface area (Å²) in [7, 11) is 1.59. The second kappa shape index (κ2) is 6.91. The maximum absolute atomic E-state index is 12.9. The Labute approximate surface area is 166 Å². The average Bonchev–Trinajstić information content (AvgIpc) is 3.35. The minimum Gasteiger partial charge on any atom is -0.496 e. The molecule has 1 aromatic heterocycles. The van der Waals surface area contributed by atoms with E-state index in [1.54, 1.807) is 37.4 Å². The summed E-state index contributed by atoms with van der Waals surface area (Å²) in [4.78, 5) is 12.9. The van der Waals surface area contributed by atoms with E-state index in [-0.39, 0.29) is 5.91 Å². The van der Waals surface area contributed by atoms with Crippen LogP contribution in [0.2, 0.25) is 10.0 Å². The first-order valence-electron chi connectivity index (χ1n) is 8.49. The molecule has 1 aliphatic carbocycles. The van der Waals surface area contributed by atoms with Crippen LogP contribution in [0.5, 0.6) is 5.75 Å². The van der Waals surface area contributed by atoms with Crippen molar-refractivity contribution in [1.82, 2.24) is 10.2 Å². The van der Waals surface area contributed by atoms with E-state index in [9.17, 15) is 4.79 Å². The molecule has 2 aromatic carbocycles. The van der Waals surface area contributed by atoms with Crippen molar-refractivity contribution in [3.63, 3.8) is 0 Å². The molecule has 0 bridgehead atoms. The number of carbonyl (C=O) groups excluding carboxylic acids is 1. The van der Waals surface area contributed by atoms with E-state index in [0.29, 0.717) is 27.3 Å². The number of H-pyrrole nitrogens is 1. The second-order valence-corrected chi connectivity index (χ2v) is 7.43.